The SMILES string of the molecule is CCCCC(N)C(=O)N[C@H](Cc1ccccc1)C(=O)O. The predicted molar refractivity (Wildman–Crippen MR) is 77.2 cm³/mol. The zero-order valence-electron chi connectivity index (χ0n) is 11.7. The monoisotopic (exact) mass is 278 g/mol. The molecule has 5 nitrogen and oxygen atoms in total. The smallest absolute Gasteiger partial charge is 0.326 e. The molecule has 0 saturated carbocycles. The van der Waals surface area contributed by atoms with Gasteiger partial charge in [0.2, 0.25) is 5.91 Å². The summed E-state index contributed by atoms with van der Waals surface area (Å²) in [7, 11) is 0. The third kappa shape index (κ3) is 5.40. The zero-order chi connectivity index (χ0) is 15.0. The molecule has 0 bridgehead atoms. The van der Waals surface area contributed by atoms with Crippen LogP contribution in [-0.2, 0) is 16.0 Å². The van der Waals surface area contributed by atoms with Crippen LogP contribution in [0.5, 0.6) is 0 Å². The van der Waals surface area contributed by atoms with Crippen molar-refractivity contribution in [3.8, 4) is 0 Å². The second-order valence-electron chi connectivity index (χ2n) is 4.84. The Morgan fingerprint density at radius 3 is 2.50 bits per heavy atom. The van der Waals surface area contributed by atoms with Crippen molar-refractivity contribution in [2.75, 3.05) is 0 Å². The summed E-state index contributed by atoms with van der Waals surface area (Å²) in [6.07, 6.45) is 2.63. The lowest BCUT2D eigenvalue weighted by molar-refractivity contribution is -0.142. The molecule has 1 amide bonds. The summed E-state index contributed by atoms with van der Waals surface area (Å²) in [5, 5.41) is 11.7. The molecule has 1 aromatic carbocycles. The van der Waals surface area contributed by atoms with E-state index in [1.54, 1.807) is 0 Å². The Morgan fingerprint density at radius 2 is 1.95 bits per heavy atom. The van der Waals surface area contributed by atoms with Gasteiger partial charge in [-0.3, -0.25) is 4.79 Å². The lowest BCUT2D eigenvalue weighted by Gasteiger charge is -2.17. The van der Waals surface area contributed by atoms with Gasteiger partial charge < -0.3 is 16.2 Å². The second kappa shape index (κ2) is 8.32. The molecule has 0 fully saturated rings. The fourth-order valence-corrected chi connectivity index (χ4v) is 1.88. The fourth-order valence-electron chi connectivity index (χ4n) is 1.88. The maximum Gasteiger partial charge on any atom is 0.326 e. The van der Waals surface area contributed by atoms with E-state index >= 15 is 0 Å². The standard InChI is InChI=1S/C15H22N2O3/c1-2-3-9-12(16)14(18)17-13(15(19)20)10-11-7-5-4-6-8-11/h4-8,12-13H,2-3,9-10,16H2,1H3,(H,17,18)(H,19,20)/t12?,13-/m1/s1. The minimum Gasteiger partial charge on any atom is -0.480 e. The number of rotatable bonds is 8. The molecule has 2 atom stereocenters. The Bertz CT molecular complexity index is 434. The highest BCUT2D eigenvalue weighted by Gasteiger charge is 2.23. The van der Waals surface area contributed by atoms with Gasteiger partial charge in [0.1, 0.15) is 6.04 Å². The van der Waals surface area contributed by atoms with Crippen LogP contribution in [-0.4, -0.2) is 29.1 Å². The van der Waals surface area contributed by atoms with Gasteiger partial charge in [0, 0.05) is 6.42 Å². The van der Waals surface area contributed by atoms with Crippen molar-refractivity contribution in [1.82, 2.24) is 5.32 Å². The molecule has 0 heterocycles. The first-order valence-electron chi connectivity index (χ1n) is 6.87. The second-order valence-corrected chi connectivity index (χ2v) is 4.84. The van der Waals surface area contributed by atoms with Crippen LogP contribution in [0.15, 0.2) is 30.3 Å². The van der Waals surface area contributed by atoms with Crippen LogP contribution in [0.3, 0.4) is 0 Å². The molecule has 20 heavy (non-hydrogen) atoms. The molecule has 5 heteroatoms. The van der Waals surface area contributed by atoms with Crippen LogP contribution < -0.4 is 11.1 Å². The van der Waals surface area contributed by atoms with Crippen LogP contribution in [0.2, 0.25) is 0 Å². The largest absolute Gasteiger partial charge is 0.480 e. The molecule has 0 aliphatic rings. The highest BCUT2D eigenvalue weighted by Crippen LogP contribution is 2.05. The number of carbonyl (C=O) groups is 2. The summed E-state index contributed by atoms with van der Waals surface area (Å²) in [4.78, 5) is 23.1. The van der Waals surface area contributed by atoms with Crippen molar-refractivity contribution in [3.63, 3.8) is 0 Å². The number of hydrogen-bond acceptors (Lipinski definition) is 3. The van der Waals surface area contributed by atoms with Gasteiger partial charge in [-0.25, -0.2) is 4.79 Å². The molecule has 0 saturated heterocycles. The highest BCUT2D eigenvalue weighted by atomic mass is 16.4. The zero-order valence-corrected chi connectivity index (χ0v) is 11.7. The minimum absolute atomic E-state index is 0.252. The normalized spacial score (nSPS) is 13.5. The van der Waals surface area contributed by atoms with E-state index in [1.807, 2.05) is 37.3 Å². The first-order valence-corrected chi connectivity index (χ1v) is 6.87. The number of unbranched alkanes of at least 4 members (excludes halogenated alkanes) is 1. The number of carboxylic acids is 1. The van der Waals surface area contributed by atoms with Gasteiger partial charge in [-0.15, -0.1) is 0 Å². The molecule has 0 aliphatic heterocycles. The summed E-state index contributed by atoms with van der Waals surface area (Å²) in [5.74, 6) is -1.45. The van der Waals surface area contributed by atoms with Crippen LogP contribution in [0.1, 0.15) is 31.7 Å². The lowest BCUT2D eigenvalue weighted by Crippen LogP contribution is -2.49. The topological polar surface area (TPSA) is 92.4 Å². The van der Waals surface area contributed by atoms with Crippen LogP contribution >= 0.6 is 0 Å². The van der Waals surface area contributed by atoms with E-state index in [2.05, 4.69) is 5.32 Å². The van der Waals surface area contributed by atoms with E-state index in [9.17, 15) is 14.7 Å². The Hall–Kier alpha value is -1.88. The first kappa shape index (κ1) is 16.2. The molecule has 1 unspecified atom stereocenters. The number of aliphatic carboxylic acids is 1. The number of nitrogens with one attached hydrogen (secondary N) is 1. The van der Waals surface area contributed by atoms with Crippen LogP contribution in [0.25, 0.3) is 0 Å². The Balaban J connectivity index is 2.59. The van der Waals surface area contributed by atoms with Crippen molar-refractivity contribution < 1.29 is 14.7 Å². The minimum atomic E-state index is -1.05. The average molecular weight is 278 g/mol. The van der Waals surface area contributed by atoms with Crippen molar-refractivity contribution in [2.24, 2.45) is 5.73 Å². The maximum absolute atomic E-state index is 11.9. The van der Waals surface area contributed by atoms with Crippen molar-refractivity contribution >= 4 is 11.9 Å². The van der Waals surface area contributed by atoms with Crippen molar-refractivity contribution in [1.29, 1.82) is 0 Å². The number of carboxylic acid groups (broad SMARTS) is 1. The molecule has 4 N–H and O–H groups in total. The Kier molecular flexibility index (Phi) is 6.73. The number of amides is 1. The van der Waals surface area contributed by atoms with E-state index in [4.69, 9.17) is 5.73 Å². The predicted octanol–water partition coefficient (Wildman–Crippen LogP) is 1.32. The third-order valence-corrected chi connectivity index (χ3v) is 3.10. The molecular weight excluding hydrogens is 256 g/mol. The van der Waals surface area contributed by atoms with Crippen LogP contribution in [0.4, 0.5) is 0 Å². The van der Waals surface area contributed by atoms with Gasteiger partial charge in [0.05, 0.1) is 6.04 Å². The van der Waals surface area contributed by atoms with Gasteiger partial charge in [0.15, 0.2) is 0 Å². The van der Waals surface area contributed by atoms with Crippen molar-refractivity contribution in [2.45, 2.75) is 44.7 Å². The van der Waals surface area contributed by atoms with E-state index in [1.165, 1.54) is 0 Å². The highest BCUT2D eigenvalue weighted by molar-refractivity contribution is 5.86. The number of carbonyl (C=O) groups excluding carboxylic acids is 1. The maximum atomic E-state index is 11.9. The molecule has 1 aromatic rings. The Morgan fingerprint density at radius 1 is 1.30 bits per heavy atom. The summed E-state index contributed by atoms with van der Waals surface area (Å²) in [6, 6.07) is 7.60. The fraction of sp³-hybridized carbons (Fsp3) is 0.467. The molecule has 110 valence electrons. The molecule has 1 rings (SSSR count). The summed E-state index contributed by atoms with van der Waals surface area (Å²) in [6.45, 7) is 2.01. The quantitative estimate of drug-likeness (QED) is 0.668. The van der Waals surface area contributed by atoms with Gasteiger partial charge in [-0.2, -0.15) is 0 Å². The van der Waals surface area contributed by atoms with E-state index < -0.39 is 24.0 Å². The molecular formula is C15H22N2O3. The van der Waals surface area contributed by atoms with Crippen LogP contribution in [0, 0.1) is 0 Å². The lowest BCUT2D eigenvalue weighted by atomic mass is 10.0. The van der Waals surface area contributed by atoms with E-state index in [-0.39, 0.29) is 6.42 Å². The van der Waals surface area contributed by atoms with E-state index in [0.29, 0.717) is 6.42 Å². The summed E-state index contributed by atoms with van der Waals surface area (Å²) in [5.41, 5.74) is 6.60. The third-order valence-electron chi connectivity index (χ3n) is 3.10. The Labute approximate surface area is 119 Å². The molecule has 0 aliphatic carbocycles. The molecule has 0 spiro atoms. The summed E-state index contributed by atoms with van der Waals surface area (Å²) >= 11 is 0. The number of benzene rings is 1. The van der Waals surface area contributed by atoms with Gasteiger partial charge in [-0.1, -0.05) is 50.1 Å². The number of nitrogens with two attached hydrogens (primary N) is 1. The summed E-state index contributed by atoms with van der Waals surface area (Å²) < 4.78 is 0. The van der Waals surface area contributed by atoms with Crippen molar-refractivity contribution in [3.05, 3.63) is 35.9 Å². The average Bonchev–Trinajstić information content (AvgIpc) is 2.44. The number of hydrogen-bond donors (Lipinski definition) is 3. The van der Waals surface area contributed by atoms with E-state index in [0.717, 1.165) is 18.4 Å². The van der Waals surface area contributed by atoms with Gasteiger partial charge >= 0.3 is 5.97 Å². The van der Waals surface area contributed by atoms with Gasteiger partial charge in [0.25, 0.3) is 0 Å². The first-order chi connectivity index (χ1) is 9.54. The molecule has 0 aromatic heterocycles. The van der Waals surface area contributed by atoms with Gasteiger partial charge in [-0.05, 0) is 12.0 Å². The molecule has 0 radical (unpaired) electrons.